The first-order chi connectivity index (χ1) is 16.4. The number of amides is 2. The predicted octanol–water partition coefficient (Wildman–Crippen LogP) is 6.21. The van der Waals surface area contributed by atoms with Gasteiger partial charge in [-0.2, -0.15) is 0 Å². The molecule has 1 N–H and O–H groups in total. The summed E-state index contributed by atoms with van der Waals surface area (Å²) in [5, 5.41) is 2.53. The van der Waals surface area contributed by atoms with Crippen molar-refractivity contribution in [2.24, 2.45) is 0 Å². The van der Waals surface area contributed by atoms with Gasteiger partial charge in [0.25, 0.3) is 0 Å². The number of hydrogen-bond acceptors (Lipinski definition) is 4. The number of hydrogen-bond donors (Lipinski definition) is 1. The van der Waals surface area contributed by atoms with Crippen molar-refractivity contribution < 1.29 is 18.0 Å². The summed E-state index contributed by atoms with van der Waals surface area (Å²) in [7, 11) is 4.00. The van der Waals surface area contributed by atoms with Gasteiger partial charge in [0.05, 0.1) is 5.69 Å². The zero-order chi connectivity index (χ0) is 23.8. The molecule has 0 unspecified atom stereocenters. The third-order valence-corrected chi connectivity index (χ3v) is 6.09. The Labute approximate surface area is 195 Å². The molecule has 1 fully saturated rings. The van der Waals surface area contributed by atoms with Crippen LogP contribution in [0.4, 0.5) is 25.0 Å². The van der Waals surface area contributed by atoms with Crippen LogP contribution >= 0.6 is 0 Å². The molecule has 2 amide bonds. The molecule has 0 saturated carbocycles. The van der Waals surface area contributed by atoms with E-state index in [0.717, 1.165) is 35.4 Å². The van der Waals surface area contributed by atoms with Crippen molar-refractivity contribution >= 4 is 28.5 Å². The minimum Gasteiger partial charge on any atom is -0.438 e. The molecular formula is C26H24F2N4O2. The number of oxazole rings is 1. The summed E-state index contributed by atoms with van der Waals surface area (Å²) in [5.74, 6) is -1.08. The highest BCUT2D eigenvalue weighted by atomic mass is 19.1. The number of rotatable bonds is 4. The van der Waals surface area contributed by atoms with Gasteiger partial charge in [0.15, 0.2) is 5.58 Å². The number of nitrogens with one attached hydrogen (secondary N) is 1. The van der Waals surface area contributed by atoms with E-state index in [9.17, 15) is 13.6 Å². The molecule has 0 bridgehead atoms. The van der Waals surface area contributed by atoms with Crippen molar-refractivity contribution in [2.45, 2.75) is 18.9 Å². The van der Waals surface area contributed by atoms with Gasteiger partial charge in [0.1, 0.15) is 23.2 Å². The van der Waals surface area contributed by atoms with Gasteiger partial charge in [-0.25, -0.2) is 18.6 Å². The first kappa shape index (κ1) is 21.9. The van der Waals surface area contributed by atoms with Crippen LogP contribution in [-0.4, -0.2) is 36.6 Å². The van der Waals surface area contributed by atoms with Crippen LogP contribution in [0, 0.1) is 11.6 Å². The summed E-state index contributed by atoms with van der Waals surface area (Å²) < 4.78 is 33.2. The fourth-order valence-corrected chi connectivity index (χ4v) is 4.26. The lowest BCUT2D eigenvalue weighted by atomic mass is 10.0. The van der Waals surface area contributed by atoms with E-state index >= 15 is 0 Å². The Balaban J connectivity index is 1.38. The summed E-state index contributed by atoms with van der Waals surface area (Å²) in [6, 6.07) is 16.3. The lowest BCUT2D eigenvalue weighted by Crippen LogP contribution is -2.34. The van der Waals surface area contributed by atoms with Crippen LogP contribution in [0.1, 0.15) is 24.8 Å². The molecule has 1 aromatic heterocycles. The highest BCUT2D eigenvalue weighted by molar-refractivity contribution is 5.90. The lowest BCUT2D eigenvalue weighted by Gasteiger charge is -2.22. The molecule has 3 aromatic carbocycles. The first-order valence-electron chi connectivity index (χ1n) is 11.1. The van der Waals surface area contributed by atoms with Crippen molar-refractivity contribution in [3.8, 4) is 11.1 Å². The van der Waals surface area contributed by atoms with Gasteiger partial charge in [-0.15, -0.1) is 0 Å². The molecule has 5 rings (SSSR count). The van der Waals surface area contributed by atoms with Gasteiger partial charge < -0.3 is 19.5 Å². The SMILES string of the molecule is CN(C)c1ccc(-c2ccc3oc([C@H]4CCCN4C(=O)Nc4ccc(F)cc4F)nc3c2)cc1. The molecule has 0 aliphatic carbocycles. The second-order valence-electron chi connectivity index (χ2n) is 8.58. The average Bonchev–Trinajstić information content (AvgIpc) is 3.47. The van der Waals surface area contributed by atoms with Gasteiger partial charge in [0.2, 0.25) is 5.89 Å². The maximum absolute atomic E-state index is 14.0. The zero-order valence-corrected chi connectivity index (χ0v) is 18.9. The largest absolute Gasteiger partial charge is 0.438 e. The molecule has 4 aromatic rings. The summed E-state index contributed by atoms with van der Waals surface area (Å²) in [6.45, 7) is 0.488. The Bertz CT molecular complexity index is 1350. The summed E-state index contributed by atoms with van der Waals surface area (Å²) in [6.07, 6.45) is 1.46. The Hall–Kier alpha value is -3.94. The van der Waals surface area contributed by atoms with Crippen molar-refractivity contribution in [1.29, 1.82) is 0 Å². The van der Waals surface area contributed by atoms with Crippen LogP contribution in [0.2, 0.25) is 0 Å². The summed E-state index contributed by atoms with van der Waals surface area (Å²) >= 11 is 0. The summed E-state index contributed by atoms with van der Waals surface area (Å²) in [5.41, 5.74) is 4.49. The van der Waals surface area contributed by atoms with Crippen LogP contribution < -0.4 is 10.2 Å². The number of aromatic nitrogens is 1. The monoisotopic (exact) mass is 462 g/mol. The topological polar surface area (TPSA) is 61.6 Å². The Morgan fingerprint density at radius 3 is 2.56 bits per heavy atom. The maximum atomic E-state index is 14.0. The van der Waals surface area contributed by atoms with Crippen molar-refractivity contribution in [1.82, 2.24) is 9.88 Å². The van der Waals surface area contributed by atoms with E-state index < -0.39 is 17.7 Å². The first-order valence-corrected chi connectivity index (χ1v) is 11.1. The molecule has 6 nitrogen and oxygen atoms in total. The van der Waals surface area contributed by atoms with E-state index in [4.69, 9.17) is 4.42 Å². The van der Waals surface area contributed by atoms with Crippen molar-refractivity contribution in [2.75, 3.05) is 30.9 Å². The average molecular weight is 463 g/mol. The van der Waals surface area contributed by atoms with Crippen LogP contribution in [0.3, 0.4) is 0 Å². The van der Waals surface area contributed by atoms with Crippen molar-refractivity contribution in [3.05, 3.63) is 78.2 Å². The standard InChI is InChI=1S/C26H24F2N4O2/c1-31(2)19-9-5-16(6-10-19)17-7-12-24-22(14-17)29-25(34-24)23-4-3-13-32(23)26(33)30-21-11-8-18(27)15-20(21)28/h5-12,14-15,23H,3-4,13H2,1-2H3,(H,30,33)/t23-/m1/s1. The van der Waals surface area contributed by atoms with Gasteiger partial charge in [-0.05, 0) is 60.4 Å². The highest BCUT2D eigenvalue weighted by Gasteiger charge is 2.34. The molecule has 34 heavy (non-hydrogen) atoms. The van der Waals surface area contributed by atoms with Crippen LogP contribution in [-0.2, 0) is 0 Å². The van der Waals surface area contributed by atoms with Crippen molar-refractivity contribution in [3.63, 3.8) is 0 Å². The smallest absolute Gasteiger partial charge is 0.322 e. The van der Waals surface area contributed by atoms with Crippen LogP contribution in [0.5, 0.6) is 0 Å². The molecule has 1 aliphatic rings. The number of nitrogens with zero attached hydrogens (tertiary/aromatic N) is 3. The third-order valence-electron chi connectivity index (χ3n) is 6.09. The molecule has 0 spiro atoms. The zero-order valence-electron chi connectivity index (χ0n) is 18.9. The number of carbonyl (C=O) groups excluding carboxylic acids is 1. The predicted molar refractivity (Wildman–Crippen MR) is 128 cm³/mol. The number of likely N-dealkylation sites (tertiary alicyclic amines) is 1. The van der Waals surface area contributed by atoms with E-state index in [2.05, 4.69) is 34.6 Å². The molecule has 1 aliphatic heterocycles. The number of anilines is 2. The van der Waals surface area contributed by atoms with Crippen LogP contribution in [0.15, 0.2) is 65.1 Å². The van der Waals surface area contributed by atoms with Gasteiger partial charge in [-0.3, -0.25) is 0 Å². The van der Waals surface area contributed by atoms with Gasteiger partial charge in [-0.1, -0.05) is 18.2 Å². The lowest BCUT2D eigenvalue weighted by molar-refractivity contribution is 0.198. The second-order valence-corrected chi connectivity index (χ2v) is 8.58. The summed E-state index contributed by atoms with van der Waals surface area (Å²) in [4.78, 5) is 21.1. The van der Waals surface area contributed by atoms with E-state index in [1.807, 2.05) is 37.2 Å². The van der Waals surface area contributed by atoms with E-state index in [-0.39, 0.29) is 11.7 Å². The quantitative estimate of drug-likeness (QED) is 0.392. The molecule has 174 valence electrons. The maximum Gasteiger partial charge on any atom is 0.322 e. The molecule has 1 saturated heterocycles. The van der Waals surface area contributed by atoms with E-state index in [1.54, 1.807) is 4.90 Å². The second kappa shape index (κ2) is 8.78. The van der Waals surface area contributed by atoms with Crippen LogP contribution in [0.25, 0.3) is 22.2 Å². The number of benzene rings is 3. The normalized spacial score (nSPS) is 15.6. The molecule has 2 heterocycles. The van der Waals surface area contributed by atoms with Gasteiger partial charge in [0, 0.05) is 32.4 Å². The minimum absolute atomic E-state index is 0.0699. The number of fused-ring (bicyclic) bond motifs is 1. The van der Waals surface area contributed by atoms with Gasteiger partial charge >= 0.3 is 6.03 Å². The Kier molecular flexibility index (Phi) is 5.65. The van der Waals surface area contributed by atoms with E-state index in [0.29, 0.717) is 30.0 Å². The molecule has 1 atom stereocenters. The van der Waals surface area contributed by atoms with E-state index in [1.165, 1.54) is 6.07 Å². The molecular weight excluding hydrogens is 438 g/mol. The fraction of sp³-hybridized carbons (Fsp3) is 0.231. The third kappa shape index (κ3) is 4.19. The Morgan fingerprint density at radius 2 is 1.82 bits per heavy atom. The molecule has 8 heteroatoms. The number of halogens is 2. The number of urea groups is 1. The molecule has 0 radical (unpaired) electrons. The highest BCUT2D eigenvalue weighted by Crippen LogP contribution is 2.35. The number of carbonyl (C=O) groups is 1. The fourth-order valence-electron chi connectivity index (χ4n) is 4.26. The Morgan fingerprint density at radius 1 is 1.06 bits per heavy atom. The minimum atomic E-state index is -0.822.